The van der Waals surface area contributed by atoms with Crippen molar-refractivity contribution >= 4 is 27.5 Å². The van der Waals surface area contributed by atoms with E-state index in [9.17, 15) is 4.79 Å². The van der Waals surface area contributed by atoms with Crippen molar-refractivity contribution in [3.8, 4) is 0 Å². The predicted molar refractivity (Wildman–Crippen MR) is 119 cm³/mol. The molecule has 0 unspecified atom stereocenters. The van der Waals surface area contributed by atoms with Crippen LogP contribution in [0.1, 0.15) is 45.7 Å². The van der Waals surface area contributed by atoms with E-state index in [0.29, 0.717) is 50.4 Å². The minimum Gasteiger partial charge on any atom is -0.347 e. The minimum atomic E-state index is -0.496. The van der Waals surface area contributed by atoms with E-state index < -0.39 is 5.79 Å². The molecule has 2 saturated heterocycles. The highest BCUT2D eigenvalue weighted by Crippen LogP contribution is 2.32. The Labute approximate surface area is 189 Å². The van der Waals surface area contributed by atoms with Gasteiger partial charge in [-0.05, 0) is 31.0 Å². The van der Waals surface area contributed by atoms with Crippen LogP contribution in [0.25, 0.3) is 5.65 Å². The first-order valence-electron chi connectivity index (χ1n) is 10.6. The van der Waals surface area contributed by atoms with Crippen molar-refractivity contribution < 1.29 is 14.3 Å². The second-order valence-corrected chi connectivity index (χ2v) is 9.08. The van der Waals surface area contributed by atoms with Crippen molar-refractivity contribution in [1.82, 2.24) is 19.5 Å². The molecule has 0 aliphatic carbocycles. The Morgan fingerprint density at radius 3 is 2.58 bits per heavy atom. The number of rotatable bonds is 3. The molecule has 0 bridgehead atoms. The fourth-order valence-electron chi connectivity index (χ4n) is 4.56. The number of aromatic nitrogens is 3. The number of nitrogens with zero attached hydrogens (tertiary/aromatic N) is 4. The quantitative estimate of drug-likeness (QED) is 0.567. The largest absolute Gasteiger partial charge is 0.347 e. The molecule has 1 amide bonds. The second kappa shape index (κ2) is 8.00. The van der Waals surface area contributed by atoms with Crippen molar-refractivity contribution in [3.63, 3.8) is 0 Å². The Kier molecular flexibility index (Phi) is 5.32. The topological polar surface area (TPSA) is 69.0 Å². The highest BCUT2D eigenvalue weighted by molar-refractivity contribution is 9.10. The summed E-state index contributed by atoms with van der Waals surface area (Å²) in [5.74, 6) is -0.531. The lowest BCUT2D eigenvalue weighted by molar-refractivity contribution is -0.181. The monoisotopic (exact) mass is 484 g/mol. The lowest BCUT2D eigenvalue weighted by atomic mass is 10.0. The third kappa shape index (κ3) is 3.66. The summed E-state index contributed by atoms with van der Waals surface area (Å²) in [6.07, 6.45) is 3.78. The van der Waals surface area contributed by atoms with E-state index in [1.807, 2.05) is 36.9 Å². The summed E-state index contributed by atoms with van der Waals surface area (Å²) in [6.45, 7) is 6.51. The van der Waals surface area contributed by atoms with Gasteiger partial charge in [0.15, 0.2) is 11.4 Å². The number of halogens is 1. The maximum absolute atomic E-state index is 13.3. The van der Waals surface area contributed by atoms with Crippen LogP contribution in [0.3, 0.4) is 0 Å². The summed E-state index contributed by atoms with van der Waals surface area (Å²) in [4.78, 5) is 19.9. The first kappa shape index (κ1) is 20.6. The molecule has 3 aromatic rings. The predicted octanol–water partition coefficient (Wildman–Crippen LogP) is 3.68. The van der Waals surface area contributed by atoms with Gasteiger partial charge in [0.2, 0.25) is 0 Å². The van der Waals surface area contributed by atoms with Crippen molar-refractivity contribution in [2.75, 3.05) is 26.3 Å². The molecule has 162 valence electrons. The average molecular weight is 485 g/mol. The molecule has 8 heteroatoms. The van der Waals surface area contributed by atoms with Crippen molar-refractivity contribution in [3.05, 3.63) is 63.0 Å². The van der Waals surface area contributed by atoms with Crippen LogP contribution < -0.4 is 0 Å². The first-order chi connectivity index (χ1) is 15.0. The molecular formula is C23H25BrN4O3. The zero-order valence-electron chi connectivity index (χ0n) is 17.7. The third-order valence-corrected chi connectivity index (χ3v) is 7.16. The number of aryl methyl sites for hydroxylation is 2. The fraction of sp³-hybridized carbons (Fsp3) is 0.435. The second-order valence-electron chi connectivity index (χ2n) is 8.22. The van der Waals surface area contributed by atoms with Gasteiger partial charge in [0.25, 0.3) is 5.91 Å². The molecule has 2 aromatic heterocycles. The number of carbonyl (C=O) groups excluding carboxylic acids is 1. The maximum atomic E-state index is 13.3. The lowest BCUT2D eigenvalue weighted by Crippen LogP contribution is -2.47. The Balaban J connectivity index is 1.42. The number of amides is 1. The Morgan fingerprint density at radius 1 is 1.16 bits per heavy atom. The Morgan fingerprint density at radius 2 is 1.87 bits per heavy atom. The van der Waals surface area contributed by atoms with Crippen LogP contribution in [0, 0.1) is 13.8 Å². The van der Waals surface area contributed by atoms with E-state index in [-0.39, 0.29) is 5.91 Å². The van der Waals surface area contributed by atoms with Gasteiger partial charge in [-0.2, -0.15) is 5.10 Å². The molecule has 31 heavy (non-hydrogen) atoms. The highest BCUT2D eigenvalue weighted by Gasteiger charge is 2.41. The lowest BCUT2D eigenvalue weighted by Gasteiger charge is -2.37. The Hall–Kier alpha value is -2.29. The molecule has 2 aliphatic heterocycles. The molecule has 2 aliphatic rings. The van der Waals surface area contributed by atoms with Gasteiger partial charge in [-0.15, -0.1) is 0 Å². The van der Waals surface area contributed by atoms with Crippen LogP contribution in [-0.2, 0) is 15.9 Å². The van der Waals surface area contributed by atoms with Crippen molar-refractivity contribution in [2.24, 2.45) is 0 Å². The van der Waals surface area contributed by atoms with Gasteiger partial charge in [-0.3, -0.25) is 4.79 Å². The SMILES string of the molecule is Cc1nc2c(C(=O)N3CCC4(CC3)OCCO4)cnn2c(C)c1Cc1ccccc1Br. The smallest absolute Gasteiger partial charge is 0.259 e. The van der Waals surface area contributed by atoms with Crippen LogP contribution in [-0.4, -0.2) is 57.5 Å². The third-order valence-electron chi connectivity index (χ3n) is 6.39. The number of benzene rings is 1. The standard InChI is InChI=1S/C23H25BrN4O3/c1-15-18(13-17-5-3-4-6-20(17)24)16(2)28-21(26-15)19(14-25-28)22(29)27-9-7-23(8-10-27)30-11-12-31-23/h3-6,14H,7-13H2,1-2H3. The molecule has 0 atom stereocenters. The normalized spacial score (nSPS) is 18.2. The molecule has 0 N–H and O–H groups in total. The number of ether oxygens (including phenoxy) is 2. The summed E-state index contributed by atoms with van der Waals surface area (Å²) in [7, 11) is 0. The molecule has 2 fully saturated rings. The number of hydrogen-bond acceptors (Lipinski definition) is 5. The maximum Gasteiger partial charge on any atom is 0.259 e. The van der Waals surface area contributed by atoms with E-state index in [1.54, 1.807) is 10.7 Å². The summed E-state index contributed by atoms with van der Waals surface area (Å²) in [6, 6.07) is 8.19. The molecule has 7 nitrogen and oxygen atoms in total. The molecule has 1 aromatic carbocycles. The first-order valence-corrected chi connectivity index (χ1v) is 11.4. The van der Waals surface area contributed by atoms with Gasteiger partial charge in [0.05, 0.1) is 19.4 Å². The summed E-state index contributed by atoms with van der Waals surface area (Å²) in [5, 5.41) is 4.52. The van der Waals surface area contributed by atoms with Gasteiger partial charge in [-0.1, -0.05) is 34.1 Å². The van der Waals surface area contributed by atoms with Gasteiger partial charge in [-0.25, -0.2) is 9.50 Å². The van der Waals surface area contributed by atoms with Crippen LogP contribution >= 0.6 is 15.9 Å². The van der Waals surface area contributed by atoms with E-state index in [1.165, 1.54) is 5.56 Å². The van der Waals surface area contributed by atoms with Crippen LogP contribution in [0.2, 0.25) is 0 Å². The van der Waals surface area contributed by atoms with Crippen molar-refractivity contribution in [1.29, 1.82) is 0 Å². The van der Waals surface area contributed by atoms with Crippen LogP contribution in [0.15, 0.2) is 34.9 Å². The van der Waals surface area contributed by atoms with Gasteiger partial charge in [0.1, 0.15) is 5.56 Å². The molecule has 0 saturated carbocycles. The van der Waals surface area contributed by atoms with E-state index >= 15 is 0 Å². The molecule has 1 spiro atoms. The zero-order valence-corrected chi connectivity index (χ0v) is 19.3. The van der Waals surface area contributed by atoms with E-state index in [2.05, 4.69) is 27.1 Å². The summed E-state index contributed by atoms with van der Waals surface area (Å²) < 4.78 is 14.4. The summed E-state index contributed by atoms with van der Waals surface area (Å²) in [5.41, 5.74) is 5.39. The van der Waals surface area contributed by atoms with Crippen LogP contribution in [0.5, 0.6) is 0 Å². The highest BCUT2D eigenvalue weighted by atomic mass is 79.9. The summed E-state index contributed by atoms with van der Waals surface area (Å²) >= 11 is 3.63. The number of likely N-dealkylation sites (tertiary alicyclic amines) is 1. The average Bonchev–Trinajstić information content (AvgIpc) is 3.40. The number of piperidine rings is 1. The Bertz CT molecular complexity index is 1140. The van der Waals surface area contributed by atoms with E-state index in [4.69, 9.17) is 14.5 Å². The fourth-order valence-corrected chi connectivity index (χ4v) is 4.98. The van der Waals surface area contributed by atoms with Gasteiger partial charge < -0.3 is 14.4 Å². The minimum absolute atomic E-state index is 0.0345. The number of hydrogen-bond donors (Lipinski definition) is 0. The van der Waals surface area contributed by atoms with Gasteiger partial charge in [0, 0.05) is 48.2 Å². The molecule has 0 radical (unpaired) electrons. The number of carbonyl (C=O) groups is 1. The number of fused-ring (bicyclic) bond motifs is 1. The molecule has 4 heterocycles. The molecule has 5 rings (SSSR count). The van der Waals surface area contributed by atoms with E-state index in [0.717, 1.165) is 27.8 Å². The molecular weight excluding hydrogens is 460 g/mol. The van der Waals surface area contributed by atoms with Crippen LogP contribution in [0.4, 0.5) is 0 Å². The zero-order chi connectivity index (χ0) is 21.6. The van der Waals surface area contributed by atoms with Crippen molar-refractivity contribution in [2.45, 2.75) is 38.9 Å². The van der Waals surface area contributed by atoms with Gasteiger partial charge >= 0.3 is 0 Å².